The Labute approximate surface area is 184 Å². The first-order chi connectivity index (χ1) is 15.7. The molecule has 32 heavy (non-hydrogen) atoms. The summed E-state index contributed by atoms with van der Waals surface area (Å²) in [5.41, 5.74) is 2.07. The fourth-order valence-electron chi connectivity index (χ4n) is 3.00. The third kappa shape index (κ3) is 4.86. The van der Waals surface area contributed by atoms with Crippen molar-refractivity contribution in [2.75, 3.05) is 26.1 Å². The lowest BCUT2D eigenvalue weighted by Gasteiger charge is -2.10. The molecule has 0 atom stereocenters. The third-order valence-corrected chi connectivity index (χ3v) is 4.61. The maximum Gasteiger partial charge on any atom is 0.262 e. The second kappa shape index (κ2) is 9.65. The van der Waals surface area contributed by atoms with E-state index in [1.54, 1.807) is 44.6 Å². The summed E-state index contributed by atoms with van der Waals surface area (Å²) in [5, 5.41) is 6.82. The lowest BCUT2D eigenvalue weighted by Crippen LogP contribution is -2.20. The highest BCUT2D eigenvalue weighted by molar-refractivity contribution is 5.93. The molecule has 1 heterocycles. The topological polar surface area (TPSA) is 95.7 Å². The molecule has 3 aromatic carbocycles. The molecule has 4 aromatic rings. The molecular weight excluding hydrogens is 410 g/mol. The first-order valence-electron chi connectivity index (χ1n) is 9.80. The number of hydrogen-bond donors (Lipinski definition) is 1. The van der Waals surface area contributed by atoms with Crippen LogP contribution in [0.4, 0.5) is 5.69 Å². The largest absolute Gasteiger partial charge is 0.497 e. The van der Waals surface area contributed by atoms with E-state index in [4.69, 9.17) is 18.7 Å². The van der Waals surface area contributed by atoms with Gasteiger partial charge in [-0.1, -0.05) is 29.4 Å². The Bertz CT molecular complexity index is 1200. The molecule has 0 radical (unpaired) electrons. The number of nitrogens with one attached hydrogen (secondary N) is 1. The zero-order valence-electron chi connectivity index (χ0n) is 17.6. The summed E-state index contributed by atoms with van der Waals surface area (Å²) in [6.45, 7) is -0.162. The maximum atomic E-state index is 12.3. The maximum absolute atomic E-state index is 12.3. The van der Waals surface area contributed by atoms with E-state index in [9.17, 15) is 4.79 Å². The van der Waals surface area contributed by atoms with Crippen molar-refractivity contribution in [3.8, 4) is 40.1 Å². The van der Waals surface area contributed by atoms with Gasteiger partial charge in [-0.05, 0) is 48.5 Å². The second-order valence-corrected chi connectivity index (χ2v) is 6.72. The number of nitrogens with zero attached hydrogens (tertiary/aromatic N) is 2. The van der Waals surface area contributed by atoms with E-state index in [1.165, 1.54) is 0 Å². The van der Waals surface area contributed by atoms with E-state index in [0.717, 1.165) is 11.3 Å². The smallest absolute Gasteiger partial charge is 0.262 e. The molecule has 8 nitrogen and oxygen atoms in total. The number of anilines is 1. The molecule has 0 aliphatic rings. The van der Waals surface area contributed by atoms with Crippen LogP contribution in [-0.4, -0.2) is 36.9 Å². The lowest BCUT2D eigenvalue weighted by atomic mass is 10.2. The molecule has 0 aliphatic heterocycles. The van der Waals surface area contributed by atoms with Gasteiger partial charge in [0.2, 0.25) is 5.82 Å². The second-order valence-electron chi connectivity index (χ2n) is 6.72. The highest BCUT2D eigenvalue weighted by atomic mass is 16.5. The lowest BCUT2D eigenvalue weighted by molar-refractivity contribution is -0.118. The molecule has 0 saturated heterocycles. The van der Waals surface area contributed by atoms with Crippen LogP contribution in [0.1, 0.15) is 0 Å². The highest BCUT2D eigenvalue weighted by Gasteiger charge is 2.12. The number of methoxy groups -OCH3 is 2. The van der Waals surface area contributed by atoms with Crippen LogP contribution >= 0.6 is 0 Å². The van der Waals surface area contributed by atoms with Crippen molar-refractivity contribution >= 4 is 11.6 Å². The minimum absolute atomic E-state index is 0.162. The first-order valence-corrected chi connectivity index (χ1v) is 9.80. The van der Waals surface area contributed by atoms with Crippen molar-refractivity contribution in [1.82, 2.24) is 10.1 Å². The van der Waals surface area contributed by atoms with Crippen LogP contribution in [0.3, 0.4) is 0 Å². The Kier molecular flexibility index (Phi) is 6.31. The third-order valence-electron chi connectivity index (χ3n) is 4.61. The summed E-state index contributed by atoms with van der Waals surface area (Å²) in [5.74, 6) is 2.33. The van der Waals surface area contributed by atoms with Crippen LogP contribution in [-0.2, 0) is 4.79 Å². The van der Waals surface area contributed by atoms with Gasteiger partial charge in [0, 0.05) is 11.1 Å². The van der Waals surface area contributed by atoms with Crippen LogP contribution in [0, 0.1) is 0 Å². The monoisotopic (exact) mass is 431 g/mol. The van der Waals surface area contributed by atoms with Crippen LogP contribution < -0.4 is 19.5 Å². The zero-order chi connectivity index (χ0) is 22.3. The van der Waals surface area contributed by atoms with Gasteiger partial charge in [0.1, 0.15) is 17.2 Å². The van der Waals surface area contributed by atoms with Crippen molar-refractivity contribution < 1.29 is 23.5 Å². The van der Waals surface area contributed by atoms with Gasteiger partial charge in [0.25, 0.3) is 11.8 Å². The molecule has 1 N–H and O–H groups in total. The average Bonchev–Trinajstić information content (AvgIpc) is 3.34. The first kappa shape index (κ1) is 20.9. The van der Waals surface area contributed by atoms with Gasteiger partial charge in [-0.2, -0.15) is 4.98 Å². The van der Waals surface area contributed by atoms with E-state index < -0.39 is 0 Å². The Morgan fingerprint density at radius 1 is 0.906 bits per heavy atom. The minimum Gasteiger partial charge on any atom is -0.497 e. The fourth-order valence-corrected chi connectivity index (χ4v) is 3.00. The van der Waals surface area contributed by atoms with Gasteiger partial charge in [0.05, 0.1) is 19.9 Å². The molecular formula is C24H21N3O5. The number of carbonyl (C=O) groups excluding carboxylic acids is 1. The van der Waals surface area contributed by atoms with Crippen LogP contribution in [0.15, 0.2) is 77.3 Å². The molecule has 0 aliphatic carbocycles. The van der Waals surface area contributed by atoms with E-state index in [2.05, 4.69) is 15.5 Å². The molecule has 0 saturated carbocycles. The Morgan fingerprint density at radius 3 is 2.50 bits per heavy atom. The van der Waals surface area contributed by atoms with Gasteiger partial charge in [-0.25, -0.2) is 0 Å². The van der Waals surface area contributed by atoms with Crippen LogP contribution in [0.2, 0.25) is 0 Å². The van der Waals surface area contributed by atoms with Gasteiger partial charge in [-0.3, -0.25) is 4.79 Å². The van der Waals surface area contributed by atoms with E-state index >= 15 is 0 Å². The number of para-hydroxylation sites is 2. The number of carbonyl (C=O) groups is 1. The average molecular weight is 431 g/mol. The standard InChI is InChI=1S/C24H21N3O5/c1-29-18-12-10-16(11-13-18)24-26-23(27-32-24)17-6-5-7-19(14-17)31-15-22(28)25-20-8-3-4-9-21(20)30-2/h3-14H,15H2,1-2H3,(H,25,28). The molecule has 0 spiro atoms. The number of rotatable bonds is 8. The van der Waals surface area contributed by atoms with Crippen molar-refractivity contribution in [3.63, 3.8) is 0 Å². The molecule has 0 fully saturated rings. The SMILES string of the molecule is COc1ccc(-c2nc(-c3cccc(OCC(=O)Nc4ccccc4OC)c3)no2)cc1. The Balaban J connectivity index is 1.41. The molecule has 0 unspecified atom stereocenters. The van der Waals surface area contributed by atoms with E-state index in [-0.39, 0.29) is 12.5 Å². The van der Waals surface area contributed by atoms with Crippen LogP contribution in [0.25, 0.3) is 22.8 Å². The van der Waals surface area contributed by atoms with Gasteiger partial charge < -0.3 is 24.1 Å². The molecule has 1 amide bonds. The Hall–Kier alpha value is -4.33. The highest BCUT2D eigenvalue weighted by Crippen LogP contribution is 2.26. The molecule has 1 aromatic heterocycles. The normalized spacial score (nSPS) is 10.4. The van der Waals surface area contributed by atoms with Gasteiger partial charge >= 0.3 is 0 Å². The van der Waals surface area contributed by atoms with Gasteiger partial charge in [0.15, 0.2) is 6.61 Å². The summed E-state index contributed by atoms with van der Waals surface area (Å²) in [6.07, 6.45) is 0. The number of amides is 1. The van der Waals surface area contributed by atoms with E-state index in [0.29, 0.717) is 34.5 Å². The summed E-state index contributed by atoms with van der Waals surface area (Å²) in [6, 6.07) is 21.6. The number of aromatic nitrogens is 2. The summed E-state index contributed by atoms with van der Waals surface area (Å²) >= 11 is 0. The fraction of sp³-hybridized carbons (Fsp3) is 0.125. The minimum atomic E-state index is -0.304. The zero-order valence-corrected chi connectivity index (χ0v) is 17.6. The number of hydrogen-bond acceptors (Lipinski definition) is 7. The summed E-state index contributed by atoms with van der Waals surface area (Å²) in [7, 11) is 3.15. The van der Waals surface area contributed by atoms with Gasteiger partial charge in [-0.15, -0.1) is 0 Å². The van der Waals surface area contributed by atoms with Crippen molar-refractivity contribution in [2.45, 2.75) is 0 Å². The summed E-state index contributed by atoms with van der Waals surface area (Å²) in [4.78, 5) is 16.7. The van der Waals surface area contributed by atoms with Crippen molar-refractivity contribution in [1.29, 1.82) is 0 Å². The van der Waals surface area contributed by atoms with E-state index in [1.807, 2.05) is 42.5 Å². The molecule has 162 valence electrons. The predicted molar refractivity (Wildman–Crippen MR) is 119 cm³/mol. The number of ether oxygens (including phenoxy) is 3. The predicted octanol–water partition coefficient (Wildman–Crippen LogP) is 4.44. The quantitative estimate of drug-likeness (QED) is 0.441. The molecule has 8 heteroatoms. The molecule has 4 rings (SSSR count). The number of benzene rings is 3. The van der Waals surface area contributed by atoms with Crippen LogP contribution in [0.5, 0.6) is 17.2 Å². The Morgan fingerprint density at radius 2 is 1.72 bits per heavy atom. The summed E-state index contributed by atoms with van der Waals surface area (Å²) < 4.78 is 21.4. The van der Waals surface area contributed by atoms with Crippen molar-refractivity contribution in [3.05, 3.63) is 72.8 Å². The molecule has 0 bridgehead atoms. The van der Waals surface area contributed by atoms with Crippen molar-refractivity contribution in [2.24, 2.45) is 0 Å².